The van der Waals surface area contributed by atoms with Gasteiger partial charge in [-0.3, -0.25) is 18.6 Å². The molecule has 0 aromatic rings. The lowest BCUT2D eigenvalue weighted by atomic mass is 10.1. The Hall–Kier alpha value is -2.07. The topological polar surface area (TPSA) is 149 Å². The number of allylic oxidation sites excluding steroid dienone is 8. The van der Waals surface area contributed by atoms with E-state index in [0.717, 1.165) is 77.0 Å². The summed E-state index contributed by atoms with van der Waals surface area (Å²) in [5.41, 5.74) is 0. The van der Waals surface area contributed by atoms with E-state index in [-0.39, 0.29) is 19.4 Å². The van der Waals surface area contributed by atoms with Crippen molar-refractivity contribution in [1.82, 2.24) is 0 Å². The SMILES string of the molecule is CC/C=C\C/C=C\C/C=C\CCCCCCCC(=O)OC[C@H](COP(=O)(O)OC[C@@H](O)CO)OC(=O)CCCCCCCCC/C=C\CCCCCCCCCC. The number of carbonyl (C=O) groups excluding carboxylic acids is 2. The van der Waals surface area contributed by atoms with Crippen LogP contribution in [0.3, 0.4) is 0 Å². The average molecular weight is 827 g/mol. The molecule has 0 rings (SSSR count). The van der Waals surface area contributed by atoms with Crippen LogP contribution < -0.4 is 0 Å². The number of aliphatic hydroxyl groups excluding tert-OH is 2. The first-order chi connectivity index (χ1) is 27.7. The van der Waals surface area contributed by atoms with E-state index in [0.29, 0.717) is 12.8 Å². The number of phosphoric acid groups is 1. The monoisotopic (exact) mass is 827 g/mol. The minimum absolute atomic E-state index is 0.174. The van der Waals surface area contributed by atoms with E-state index in [4.69, 9.17) is 23.6 Å². The van der Waals surface area contributed by atoms with Gasteiger partial charge < -0.3 is 24.6 Å². The smallest absolute Gasteiger partial charge is 0.462 e. The number of hydrogen-bond acceptors (Lipinski definition) is 9. The molecule has 0 bridgehead atoms. The molecule has 0 spiro atoms. The molecule has 0 radical (unpaired) electrons. The third-order valence-corrected chi connectivity index (χ3v) is 10.4. The Morgan fingerprint density at radius 3 is 1.47 bits per heavy atom. The molecule has 0 saturated heterocycles. The van der Waals surface area contributed by atoms with Gasteiger partial charge in [-0.25, -0.2) is 4.57 Å². The van der Waals surface area contributed by atoms with Crippen LogP contribution in [0.15, 0.2) is 48.6 Å². The van der Waals surface area contributed by atoms with E-state index >= 15 is 0 Å². The maximum absolute atomic E-state index is 12.6. The number of rotatable bonds is 42. The van der Waals surface area contributed by atoms with E-state index in [1.807, 2.05) is 0 Å². The molecule has 0 aromatic heterocycles. The van der Waals surface area contributed by atoms with E-state index in [1.54, 1.807) is 0 Å². The van der Waals surface area contributed by atoms with Gasteiger partial charge in [-0.05, 0) is 70.6 Å². The standard InChI is InChI=1S/C46H83O10P/c1-3-5-7-9-11-13-15-17-19-20-21-22-24-26-28-30-32-34-36-38-46(50)56-44(42-55-57(51,52)54-40-43(48)39-47)41-53-45(49)37-35-33-31-29-27-25-23-18-16-14-12-10-8-6-4-2/h6,8,12,14,18,20-21,23,43-44,47-48H,3-5,7,9-11,13,15-17,19,22,24-42H2,1-2H3,(H,51,52)/b8-6-,14-12-,21-20-,23-18-/t43-,44+/m0/s1. The summed E-state index contributed by atoms with van der Waals surface area (Å²) >= 11 is 0. The van der Waals surface area contributed by atoms with Crippen molar-refractivity contribution in [2.24, 2.45) is 0 Å². The van der Waals surface area contributed by atoms with Crippen LogP contribution in [-0.2, 0) is 32.7 Å². The maximum atomic E-state index is 12.6. The summed E-state index contributed by atoms with van der Waals surface area (Å²) in [5, 5.41) is 18.3. The van der Waals surface area contributed by atoms with Crippen molar-refractivity contribution >= 4 is 19.8 Å². The predicted molar refractivity (Wildman–Crippen MR) is 233 cm³/mol. The minimum atomic E-state index is -4.62. The molecule has 0 aliphatic carbocycles. The molecule has 1 unspecified atom stereocenters. The van der Waals surface area contributed by atoms with E-state index in [9.17, 15) is 24.2 Å². The molecule has 0 aromatic carbocycles. The normalized spacial score (nSPS) is 14.3. The number of esters is 2. The van der Waals surface area contributed by atoms with Gasteiger partial charge in [-0.15, -0.1) is 0 Å². The number of ether oxygens (including phenoxy) is 2. The van der Waals surface area contributed by atoms with E-state index in [2.05, 4.69) is 62.5 Å². The summed E-state index contributed by atoms with van der Waals surface area (Å²) in [5.74, 6) is -0.949. The highest BCUT2D eigenvalue weighted by atomic mass is 31.2. The molecular weight excluding hydrogens is 743 g/mol. The molecule has 0 heterocycles. The highest BCUT2D eigenvalue weighted by Gasteiger charge is 2.27. The van der Waals surface area contributed by atoms with Crippen molar-refractivity contribution in [1.29, 1.82) is 0 Å². The molecule has 332 valence electrons. The van der Waals surface area contributed by atoms with Gasteiger partial charge in [-0.2, -0.15) is 0 Å². The van der Waals surface area contributed by atoms with Crippen molar-refractivity contribution in [3.8, 4) is 0 Å². The molecular formula is C46H83O10P. The zero-order chi connectivity index (χ0) is 41.9. The number of unbranched alkanes of at least 4 members (excludes halogenated alkanes) is 20. The lowest BCUT2D eigenvalue weighted by Crippen LogP contribution is -2.29. The minimum Gasteiger partial charge on any atom is -0.462 e. The van der Waals surface area contributed by atoms with Crippen molar-refractivity contribution in [3.05, 3.63) is 48.6 Å². The van der Waals surface area contributed by atoms with Crippen LogP contribution in [0.2, 0.25) is 0 Å². The molecule has 11 heteroatoms. The van der Waals surface area contributed by atoms with Crippen molar-refractivity contribution in [2.45, 2.75) is 206 Å². The molecule has 0 fully saturated rings. The van der Waals surface area contributed by atoms with Crippen LogP contribution in [-0.4, -0.2) is 65.7 Å². The van der Waals surface area contributed by atoms with Crippen molar-refractivity contribution in [2.75, 3.05) is 26.4 Å². The number of aliphatic hydroxyl groups is 2. The predicted octanol–water partition coefficient (Wildman–Crippen LogP) is 12.1. The number of carbonyl (C=O) groups is 2. The molecule has 10 nitrogen and oxygen atoms in total. The fourth-order valence-corrected chi connectivity index (χ4v) is 6.79. The Balaban J connectivity index is 4.29. The third kappa shape index (κ3) is 41.9. The number of phosphoric ester groups is 1. The van der Waals surface area contributed by atoms with Gasteiger partial charge in [0.15, 0.2) is 6.10 Å². The fourth-order valence-electron chi connectivity index (χ4n) is 6.00. The molecule has 0 amide bonds. The van der Waals surface area contributed by atoms with Crippen molar-refractivity contribution < 1.29 is 47.8 Å². The van der Waals surface area contributed by atoms with Gasteiger partial charge in [0.2, 0.25) is 0 Å². The van der Waals surface area contributed by atoms with Gasteiger partial charge in [0, 0.05) is 12.8 Å². The molecule has 3 N–H and O–H groups in total. The van der Waals surface area contributed by atoms with Gasteiger partial charge in [0.25, 0.3) is 0 Å². The Labute approximate surface area is 347 Å². The highest BCUT2D eigenvalue weighted by molar-refractivity contribution is 7.47. The highest BCUT2D eigenvalue weighted by Crippen LogP contribution is 2.43. The molecule has 0 saturated carbocycles. The Kier molecular flexibility index (Phi) is 40.5. The number of hydrogen-bond donors (Lipinski definition) is 3. The quantitative estimate of drug-likeness (QED) is 0.0235. The van der Waals surface area contributed by atoms with Gasteiger partial charge in [-0.1, -0.05) is 159 Å². The fraction of sp³-hybridized carbons (Fsp3) is 0.783. The summed E-state index contributed by atoms with van der Waals surface area (Å²) in [7, 11) is -4.62. The van der Waals surface area contributed by atoms with Crippen LogP contribution >= 0.6 is 7.82 Å². The summed E-state index contributed by atoms with van der Waals surface area (Å²) in [4.78, 5) is 35.0. The first-order valence-electron chi connectivity index (χ1n) is 22.6. The maximum Gasteiger partial charge on any atom is 0.472 e. The summed E-state index contributed by atoms with van der Waals surface area (Å²) < 4.78 is 32.7. The van der Waals surface area contributed by atoms with Crippen LogP contribution in [0, 0.1) is 0 Å². The third-order valence-electron chi connectivity index (χ3n) is 9.47. The molecule has 0 aliphatic heterocycles. The Morgan fingerprint density at radius 2 is 0.965 bits per heavy atom. The first-order valence-corrected chi connectivity index (χ1v) is 24.1. The largest absolute Gasteiger partial charge is 0.472 e. The lowest BCUT2D eigenvalue weighted by Gasteiger charge is -2.20. The van der Waals surface area contributed by atoms with Crippen molar-refractivity contribution in [3.63, 3.8) is 0 Å². The summed E-state index contributed by atoms with van der Waals surface area (Å²) in [6.45, 7) is 2.25. The molecule has 57 heavy (non-hydrogen) atoms. The zero-order valence-corrected chi connectivity index (χ0v) is 36.9. The van der Waals surface area contributed by atoms with Gasteiger partial charge in [0.05, 0.1) is 19.8 Å². The van der Waals surface area contributed by atoms with E-state index in [1.165, 1.54) is 77.0 Å². The second kappa shape index (κ2) is 42.1. The summed E-state index contributed by atoms with van der Waals surface area (Å²) in [6.07, 6.45) is 45.0. The molecule has 0 aliphatic rings. The van der Waals surface area contributed by atoms with Crippen LogP contribution in [0.5, 0.6) is 0 Å². The lowest BCUT2D eigenvalue weighted by molar-refractivity contribution is -0.161. The second-order valence-electron chi connectivity index (χ2n) is 15.0. The van der Waals surface area contributed by atoms with Gasteiger partial charge in [0.1, 0.15) is 12.7 Å². The van der Waals surface area contributed by atoms with Crippen LogP contribution in [0.25, 0.3) is 0 Å². The van der Waals surface area contributed by atoms with Crippen LogP contribution in [0.1, 0.15) is 194 Å². The Morgan fingerprint density at radius 1 is 0.544 bits per heavy atom. The first kappa shape index (κ1) is 54.9. The second-order valence-corrected chi connectivity index (χ2v) is 16.5. The van der Waals surface area contributed by atoms with Gasteiger partial charge >= 0.3 is 19.8 Å². The Bertz CT molecular complexity index is 1090. The molecule has 3 atom stereocenters. The summed E-state index contributed by atoms with van der Waals surface area (Å²) in [6, 6.07) is 0. The van der Waals surface area contributed by atoms with E-state index < -0.39 is 51.8 Å². The average Bonchev–Trinajstić information content (AvgIpc) is 3.20. The van der Waals surface area contributed by atoms with Crippen LogP contribution in [0.4, 0.5) is 0 Å². The zero-order valence-electron chi connectivity index (χ0n) is 36.0.